The van der Waals surface area contributed by atoms with Gasteiger partial charge in [-0.1, -0.05) is 12.1 Å². The minimum atomic E-state index is -3.67. The Balaban J connectivity index is 2.91. The van der Waals surface area contributed by atoms with Crippen molar-refractivity contribution < 1.29 is 13.2 Å². The van der Waals surface area contributed by atoms with Gasteiger partial charge in [-0.2, -0.15) is 0 Å². The van der Waals surface area contributed by atoms with E-state index in [-0.39, 0.29) is 16.6 Å². The smallest absolute Gasteiger partial charge is 0.235 e. The van der Waals surface area contributed by atoms with Crippen molar-refractivity contribution in [2.24, 2.45) is 0 Å². The number of anilines is 1. The summed E-state index contributed by atoms with van der Waals surface area (Å²) in [5.41, 5.74) is 5.73. The first-order chi connectivity index (χ1) is 7.83. The highest BCUT2D eigenvalue weighted by Crippen LogP contribution is 2.18. The molecular formula is C11H16N2O3S. The van der Waals surface area contributed by atoms with Gasteiger partial charge in [0.15, 0.2) is 9.84 Å². The Bertz CT molecular complexity index is 509. The molecule has 0 spiro atoms. The molecule has 0 atom stereocenters. The fourth-order valence-electron chi connectivity index (χ4n) is 1.38. The highest BCUT2D eigenvalue weighted by atomic mass is 32.2. The molecule has 0 saturated carbocycles. The largest absolute Gasteiger partial charge is 0.398 e. The molecule has 3 N–H and O–H groups in total. The fraction of sp³-hybridized carbons (Fsp3) is 0.364. The zero-order chi connectivity index (χ0) is 13.1. The van der Waals surface area contributed by atoms with Crippen LogP contribution in [0.1, 0.15) is 13.8 Å². The molecule has 0 bridgehead atoms. The number of sulfone groups is 1. The predicted molar refractivity (Wildman–Crippen MR) is 66.2 cm³/mol. The number of rotatable bonds is 4. The molecule has 6 heteroatoms. The summed E-state index contributed by atoms with van der Waals surface area (Å²) in [6.07, 6.45) is 0. The van der Waals surface area contributed by atoms with Gasteiger partial charge in [-0.25, -0.2) is 8.42 Å². The van der Waals surface area contributed by atoms with Gasteiger partial charge in [-0.15, -0.1) is 0 Å². The molecule has 0 aliphatic rings. The first-order valence-corrected chi connectivity index (χ1v) is 6.85. The molecule has 1 rings (SSSR count). The molecule has 0 aliphatic heterocycles. The van der Waals surface area contributed by atoms with E-state index in [2.05, 4.69) is 5.32 Å². The Kier molecular flexibility index (Phi) is 4.11. The van der Waals surface area contributed by atoms with Crippen LogP contribution in [0.3, 0.4) is 0 Å². The number of para-hydroxylation sites is 1. The summed E-state index contributed by atoms with van der Waals surface area (Å²) in [4.78, 5) is 11.4. The maximum atomic E-state index is 11.9. The Morgan fingerprint density at radius 2 is 1.94 bits per heavy atom. The number of carbonyl (C=O) groups is 1. The monoisotopic (exact) mass is 256 g/mol. The van der Waals surface area contributed by atoms with Crippen LogP contribution in [-0.2, 0) is 14.6 Å². The molecular weight excluding hydrogens is 240 g/mol. The van der Waals surface area contributed by atoms with Gasteiger partial charge in [0, 0.05) is 6.04 Å². The van der Waals surface area contributed by atoms with E-state index in [1.54, 1.807) is 26.0 Å². The summed E-state index contributed by atoms with van der Waals surface area (Å²) >= 11 is 0. The van der Waals surface area contributed by atoms with E-state index in [0.717, 1.165) is 0 Å². The molecule has 0 fully saturated rings. The number of benzene rings is 1. The third-order valence-electron chi connectivity index (χ3n) is 2.02. The van der Waals surface area contributed by atoms with E-state index in [1.165, 1.54) is 12.1 Å². The summed E-state index contributed by atoms with van der Waals surface area (Å²) < 4.78 is 23.8. The molecule has 0 aliphatic carbocycles. The summed E-state index contributed by atoms with van der Waals surface area (Å²) in [5.74, 6) is -1.11. The maximum Gasteiger partial charge on any atom is 0.235 e. The SMILES string of the molecule is CC(C)NC(=O)CS(=O)(=O)c1ccccc1N. The van der Waals surface area contributed by atoms with E-state index in [9.17, 15) is 13.2 Å². The number of hydrogen-bond donors (Lipinski definition) is 2. The van der Waals surface area contributed by atoms with Gasteiger partial charge >= 0.3 is 0 Å². The van der Waals surface area contributed by atoms with Crippen molar-refractivity contribution in [2.45, 2.75) is 24.8 Å². The highest BCUT2D eigenvalue weighted by molar-refractivity contribution is 7.92. The van der Waals surface area contributed by atoms with Crippen LogP contribution in [0.5, 0.6) is 0 Å². The van der Waals surface area contributed by atoms with Crippen LogP contribution in [0.4, 0.5) is 5.69 Å². The van der Waals surface area contributed by atoms with E-state index >= 15 is 0 Å². The van der Waals surface area contributed by atoms with Gasteiger partial charge in [0.05, 0.1) is 10.6 Å². The number of hydrogen-bond acceptors (Lipinski definition) is 4. The number of carbonyl (C=O) groups excluding carboxylic acids is 1. The highest BCUT2D eigenvalue weighted by Gasteiger charge is 2.21. The lowest BCUT2D eigenvalue weighted by Crippen LogP contribution is -2.35. The van der Waals surface area contributed by atoms with Gasteiger partial charge < -0.3 is 11.1 Å². The number of nitrogen functional groups attached to an aromatic ring is 1. The molecule has 0 saturated heterocycles. The molecule has 1 aromatic rings. The van der Waals surface area contributed by atoms with E-state index < -0.39 is 21.5 Å². The van der Waals surface area contributed by atoms with Crippen LogP contribution in [0.25, 0.3) is 0 Å². The van der Waals surface area contributed by atoms with Crippen molar-refractivity contribution in [1.82, 2.24) is 5.32 Å². The van der Waals surface area contributed by atoms with Crippen LogP contribution in [0.15, 0.2) is 29.2 Å². The summed E-state index contributed by atoms with van der Waals surface area (Å²) in [6, 6.07) is 6.01. The first-order valence-electron chi connectivity index (χ1n) is 5.19. The molecule has 0 aromatic heterocycles. The molecule has 0 unspecified atom stereocenters. The molecule has 0 radical (unpaired) electrons. The minimum absolute atomic E-state index is 0.00101. The van der Waals surface area contributed by atoms with Crippen LogP contribution >= 0.6 is 0 Å². The van der Waals surface area contributed by atoms with Crippen LogP contribution in [0, 0.1) is 0 Å². The van der Waals surface area contributed by atoms with Crippen LogP contribution in [0.2, 0.25) is 0 Å². The number of amides is 1. The zero-order valence-corrected chi connectivity index (χ0v) is 10.6. The van der Waals surface area contributed by atoms with Gasteiger partial charge in [-0.3, -0.25) is 4.79 Å². The predicted octanol–water partition coefficient (Wildman–Crippen LogP) is 0.567. The summed E-state index contributed by atoms with van der Waals surface area (Å²) in [6.45, 7) is 3.53. The Labute approximate surface area is 101 Å². The lowest BCUT2D eigenvalue weighted by Gasteiger charge is -2.10. The molecule has 1 aromatic carbocycles. The van der Waals surface area contributed by atoms with Crippen molar-refractivity contribution >= 4 is 21.4 Å². The second kappa shape index (κ2) is 5.18. The third-order valence-corrected chi connectivity index (χ3v) is 3.71. The van der Waals surface area contributed by atoms with E-state index in [1.807, 2.05) is 0 Å². The van der Waals surface area contributed by atoms with E-state index in [4.69, 9.17) is 5.73 Å². The molecule has 0 heterocycles. The van der Waals surface area contributed by atoms with Crippen LogP contribution < -0.4 is 11.1 Å². The van der Waals surface area contributed by atoms with Crippen molar-refractivity contribution in [3.05, 3.63) is 24.3 Å². The summed E-state index contributed by atoms with van der Waals surface area (Å²) in [5, 5.41) is 2.53. The second-order valence-corrected chi connectivity index (χ2v) is 5.98. The lowest BCUT2D eigenvalue weighted by molar-refractivity contribution is -0.119. The maximum absolute atomic E-state index is 11.9. The van der Waals surface area contributed by atoms with Gasteiger partial charge in [0.1, 0.15) is 5.75 Å². The zero-order valence-electron chi connectivity index (χ0n) is 9.80. The minimum Gasteiger partial charge on any atom is -0.398 e. The Hall–Kier alpha value is -1.56. The van der Waals surface area contributed by atoms with Gasteiger partial charge in [0.2, 0.25) is 5.91 Å². The fourth-order valence-corrected chi connectivity index (χ4v) is 2.67. The Morgan fingerprint density at radius 1 is 1.35 bits per heavy atom. The van der Waals surface area contributed by atoms with Gasteiger partial charge in [0.25, 0.3) is 0 Å². The van der Waals surface area contributed by atoms with Crippen LogP contribution in [-0.4, -0.2) is 26.1 Å². The number of nitrogens with one attached hydrogen (secondary N) is 1. The average molecular weight is 256 g/mol. The second-order valence-electron chi connectivity index (χ2n) is 4.02. The summed E-state index contributed by atoms with van der Waals surface area (Å²) in [7, 11) is -3.67. The average Bonchev–Trinajstić information content (AvgIpc) is 2.15. The van der Waals surface area contributed by atoms with Crippen molar-refractivity contribution in [3.63, 3.8) is 0 Å². The molecule has 94 valence electrons. The quantitative estimate of drug-likeness (QED) is 0.771. The van der Waals surface area contributed by atoms with E-state index in [0.29, 0.717) is 0 Å². The Morgan fingerprint density at radius 3 is 2.47 bits per heavy atom. The van der Waals surface area contributed by atoms with Crippen molar-refractivity contribution in [3.8, 4) is 0 Å². The molecule has 17 heavy (non-hydrogen) atoms. The van der Waals surface area contributed by atoms with Crippen molar-refractivity contribution in [1.29, 1.82) is 0 Å². The normalized spacial score (nSPS) is 11.5. The lowest BCUT2D eigenvalue weighted by atomic mass is 10.3. The molecule has 1 amide bonds. The third kappa shape index (κ3) is 3.74. The number of nitrogens with two attached hydrogens (primary N) is 1. The topological polar surface area (TPSA) is 89.3 Å². The molecule has 5 nitrogen and oxygen atoms in total. The van der Waals surface area contributed by atoms with Crippen molar-refractivity contribution in [2.75, 3.05) is 11.5 Å². The standard InChI is InChI=1S/C11H16N2O3S/c1-8(2)13-11(14)7-17(15,16)10-6-4-3-5-9(10)12/h3-6,8H,7,12H2,1-2H3,(H,13,14). The van der Waals surface area contributed by atoms with Gasteiger partial charge in [-0.05, 0) is 26.0 Å². The first kappa shape index (κ1) is 13.5.